The van der Waals surface area contributed by atoms with Crippen LogP contribution in [0.25, 0.3) is 0 Å². The fraction of sp³-hybridized carbons (Fsp3) is 0.0714. The lowest BCUT2D eigenvalue weighted by atomic mass is 10.2. The van der Waals surface area contributed by atoms with Crippen LogP contribution in [0.1, 0.15) is 5.56 Å². The lowest BCUT2D eigenvalue weighted by Gasteiger charge is -2.03. The molecule has 1 fully saturated rings. The van der Waals surface area contributed by atoms with Crippen LogP contribution in [0.3, 0.4) is 0 Å². The SMILES string of the molecule is O=C1CSC(=NN=Cc2cccc(Oc3ncccn3)c2)N1. The number of amides is 1. The molecule has 2 heterocycles. The van der Waals surface area contributed by atoms with Crippen LogP contribution in [0.4, 0.5) is 0 Å². The number of rotatable bonds is 4. The molecule has 2 aromatic rings. The molecule has 1 aromatic heterocycles. The van der Waals surface area contributed by atoms with Gasteiger partial charge in [-0.1, -0.05) is 23.9 Å². The average molecular weight is 313 g/mol. The number of carbonyl (C=O) groups is 1. The Hall–Kier alpha value is -2.74. The molecule has 110 valence electrons. The van der Waals surface area contributed by atoms with E-state index >= 15 is 0 Å². The minimum absolute atomic E-state index is 0.0581. The molecule has 1 aromatic carbocycles. The van der Waals surface area contributed by atoms with E-state index in [1.54, 1.807) is 36.8 Å². The van der Waals surface area contributed by atoms with Crippen molar-refractivity contribution < 1.29 is 9.53 Å². The van der Waals surface area contributed by atoms with Crippen molar-refractivity contribution in [1.82, 2.24) is 15.3 Å². The molecule has 0 radical (unpaired) electrons. The van der Waals surface area contributed by atoms with Crippen molar-refractivity contribution in [3.63, 3.8) is 0 Å². The number of nitrogens with one attached hydrogen (secondary N) is 1. The molecule has 0 unspecified atom stereocenters. The average Bonchev–Trinajstić information content (AvgIpc) is 2.94. The molecule has 7 nitrogen and oxygen atoms in total. The Morgan fingerprint density at radius 1 is 1.27 bits per heavy atom. The number of nitrogens with zero attached hydrogens (tertiary/aromatic N) is 4. The topological polar surface area (TPSA) is 88.8 Å². The third kappa shape index (κ3) is 3.89. The van der Waals surface area contributed by atoms with Gasteiger partial charge in [0.15, 0.2) is 5.17 Å². The zero-order valence-electron chi connectivity index (χ0n) is 11.3. The Labute approximate surface area is 130 Å². The molecule has 0 aliphatic carbocycles. The van der Waals surface area contributed by atoms with Crippen LogP contribution in [0.5, 0.6) is 11.8 Å². The molecule has 1 N–H and O–H groups in total. The maximum atomic E-state index is 11.0. The fourth-order valence-corrected chi connectivity index (χ4v) is 2.26. The molecule has 0 spiro atoms. The van der Waals surface area contributed by atoms with E-state index in [0.717, 1.165) is 5.56 Å². The van der Waals surface area contributed by atoms with Crippen LogP contribution < -0.4 is 10.1 Å². The lowest BCUT2D eigenvalue weighted by molar-refractivity contribution is -0.116. The van der Waals surface area contributed by atoms with Crippen LogP contribution >= 0.6 is 11.8 Å². The van der Waals surface area contributed by atoms with E-state index in [4.69, 9.17) is 4.74 Å². The second-order valence-corrected chi connectivity index (χ2v) is 5.16. The molecule has 0 bridgehead atoms. The van der Waals surface area contributed by atoms with Crippen LogP contribution in [0.2, 0.25) is 0 Å². The van der Waals surface area contributed by atoms with E-state index in [1.165, 1.54) is 11.8 Å². The van der Waals surface area contributed by atoms with Gasteiger partial charge >= 0.3 is 6.01 Å². The Morgan fingerprint density at radius 3 is 2.91 bits per heavy atom. The van der Waals surface area contributed by atoms with Crippen molar-refractivity contribution in [2.45, 2.75) is 0 Å². The molecule has 1 amide bonds. The number of amidine groups is 1. The summed E-state index contributed by atoms with van der Waals surface area (Å²) in [7, 11) is 0. The normalized spacial score (nSPS) is 16.2. The minimum Gasteiger partial charge on any atom is -0.424 e. The Kier molecular flexibility index (Phi) is 4.40. The number of thioether (sulfide) groups is 1. The van der Waals surface area contributed by atoms with E-state index in [2.05, 4.69) is 25.5 Å². The zero-order valence-corrected chi connectivity index (χ0v) is 12.2. The Morgan fingerprint density at radius 2 is 2.14 bits per heavy atom. The van der Waals surface area contributed by atoms with Crippen molar-refractivity contribution in [3.8, 4) is 11.8 Å². The zero-order chi connectivity index (χ0) is 15.2. The van der Waals surface area contributed by atoms with Gasteiger partial charge in [-0.05, 0) is 23.8 Å². The molecule has 1 aliphatic rings. The van der Waals surface area contributed by atoms with Crippen molar-refractivity contribution in [3.05, 3.63) is 48.3 Å². The summed E-state index contributed by atoms with van der Waals surface area (Å²) < 4.78 is 5.53. The van der Waals surface area contributed by atoms with Crippen molar-refractivity contribution in [2.75, 3.05) is 5.75 Å². The molecular weight excluding hydrogens is 302 g/mol. The monoisotopic (exact) mass is 313 g/mol. The number of carbonyl (C=O) groups excluding carboxylic acids is 1. The largest absolute Gasteiger partial charge is 0.424 e. The van der Waals surface area contributed by atoms with Crippen LogP contribution in [-0.4, -0.2) is 33.0 Å². The smallest absolute Gasteiger partial charge is 0.321 e. The molecule has 8 heteroatoms. The second-order valence-electron chi connectivity index (χ2n) is 4.19. The van der Waals surface area contributed by atoms with Gasteiger partial charge in [0.05, 0.1) is 12.0 Å². The van der Waals surface area contributed by atoms with Crippen molar-refractivity contribution in [2.24, 2.45) is 10.2 Å². The number of hydrogen-bond donors (Lipinski definition) is 1. The van der Waals surface area contributed by atoms with Gasteiger partial charge in [0, 0.05) is 12.4 Å². The molecular formula is C14H11N5O2S. The van der Waals surface area contributed by atoms with Gasteiger partial charge in [-0.25, -0.2) is 9.97 Å². The van der Waals surface area contributed by atoms with E-state index in [9.17, 15) is 4.79 Å². The molecule has 0 atom stereocenters. The van der Waals surface area contributed by atoms with E-state index in [0.29, 0.717) is 16.7 Å². The van der Waals surface area contributed by atoms with Crippen LogP contribution in [0.15, 0.2) is 52.9 Å². The maximum absolute atomic E-state index is 11.0. The quantitative estimate of drug-likeness (QED) is 0.687. The van der Waals surface area contributed by atoms with E-state index in [-0.39, 0.29) is 11.9 Å². The van der Waals surface area contributed by atoms with Gasteiger partial charge in [-0.2, -0.15) is 5.10 Å². The molecule has 1 aliphatic heterocycles. The van der Waals surface area contributed by atoms with Gasteiger partial charge in [-0.3, -0.25) is 4.79 Å². The standard InChI is InChI=1S/C14H11N5O2S/c20-12-9-22-14(18-12)19-17-8-10-3-1-4-11(7-10)21-13-15-5-2-6-16-13/h1-8H,9H2,(H,18,19,20). The number of aromatic nitrogens is 2. The van der Waals surface area contributed by atoms with Gasteiger partial charge in [-0.15, -0.1) is 5.10 Å². The first-order valence-corrected chi connectivity index (χ1v) is 7.37. The maximum Gasteiger partial charge on any atom is 0.321 e. The summed E-state index contributed by atoms with van der Waals surface area (Å²) in [6.07, 6.45) is 4.80. The Balaban J connectivity index is 1.67. The van der Waals surface area contributed by atoms with Crippen molar-refractivity contribution >= 4 is 29.1 Å². The van der Waals surface area contributed by atoms with Gasteiger partial charge in [0.25, 0.3) is 0 Å². The summed E-state index contributed by atoms with van der Waals surface area (Å²) >= 11 is 1.32. The first-order valence-electron chi connectivity index (χ1n) is 6.38. The number of benzene rings is 1. The predicted molar refractivity (Wildman–Crippen MR) is 84.2 cm³/mol. The van der Waals surface area contributed by atoms with E-state index in [1.807, 2.05) is 12.1 Å². The third-order valence-electron chi connectivity index (χ3n) is 2.55. The van der Waals surface area contributed by atoms with E-state index < -0.39 is 0 Å². The highest BCUT2D eigenvalue weighted by Gasteiger charge is 2.15. The third-order valence-corrected chi connectivity index (χ3v) is 3.41. The van der Waals surface area contributed by atoms with Gasteiger partial charge in [0.1, 0.15) is 5.75 Å². The van der Waals surface area contributed by atoms with Crippen molar-refractivity contribution in [1.29, 1.82) is 0 Å². The minimum atomic E-state index is -0.0581. The summed E-state index contributed by atoms with van der Waals surface area (Å²) in [5.74, 6) is 0.929. The summed E-state index contributed by atoms with van der Waals surface area (Å²) in [6, 6.07) is 9.28. The van der Waals surface area contributed by atoms with Gasteiger partial charge in [0.2, 0.25) is 5.91 Å². The Bertz CT molecular complexity index is 733. The molecule has 0 saturated carbocycles. The molecule has 1 saturated heterocycles. The predicted octanol–water partition coefficient (Wildman–Crippen LogP) is 1.82. The summed E-state index contributed by atoms with van der Waals surface area (Å²) in [4.78, 5) is 19.0. The first kappa shape index (κ1) is 14.2. The number of ether oxygens (including phenoxy) is 1. The summed E-state index contributed by atoms with van der Waals surface area (Å²) in [6.45, 7) is 0. The second kappa shape index (κ2) is 6.81. The van der Waals surface area contributed by atoms with Gasteiger partial charge < -0.3 is 10.1 Å². The van der Waals surface area contributed by atoms with Crippen LogP contribution in [0, 0.1) is 0 Å². The molecule has 22 heavy (non-hydrogen) atoms. The lowest BCUT2D eigenvalue weighted by Crippen LogP contribution is -2.19. The molecule has 3 rings (SSSR count). The highest BCUT2D eigenvalue weighted by atomic mass is 32.2. The first-order chi connectivity index (χ1) is 10.8. The highest BCUT2D eigenvalue weighted by Crippen LogP contribution is 2.17. The fourth-order valence-electron chi connectivity index (χ4n) is 1.63. The summed E-state index contributed by atoms with van der Waals surface area (Å²) in [5.41, 5.74) is 0.812. The van der Waals surface area contributed by atoms with Crippen LogP contribution in [-0.2, 0) is 4.79 Å². The highest BCUT2D eigenvalue weighted by molar-refractivity contribution is 8.15. The number of hydrogen-bond acceptors (Lipinski definition) is 7. The summed E-state index contributed by atoms with van der Waals surface area (Å²) in [5, 5.41) is 11.0.